The van der Waals surface area contributed by atoms with E-state index >= 15 is 0 Å². The minimum absolute atomic E-state index is 0.462. The number of hydrogen-bond donors (Lipinski definition) is 0. The smallest absolute Gasteiger partial charge is 0.0627 e. The van der Waals surface area contributed by atoms with E-state index in [-0.39, 0.29) is 0 Å². The second kappa shape index (κ2) is 4.88. The molecule has 0 radical (unpaired) electrons. The third-order valence-electron chi connectivity index (χ3n) is 3.79. The Morgan fingerprint density at radius 2 is 2.17 bits per heavy atom. The van der Waals surface area contributed by atoms with Crippen molar-refractivity contribution in [3.05, 3.63) is 53.3 Å². The van der Waals surface area contributed by atoms with Crippen molar-refractivity contribution in [1.29, 1.82) is 0 Å². The topological polar surface area (TPSA) is 17.8 Å². The number of aryl methyl sites for hydroxylation is 2. The zero-order valence-corrected chi connectivity index (χ0v) is 12.1. The van der Waals surface area contributed by atoms with Crippen molar-refractivity contribution in [3.8, 4) is 0 Å². The molecule has 2 nitrogen and oxygen atoms in total. The molecule has 1 aliphatic rings. The van der Waals surface area contributed by atoms with Gasteiger partial charge in [0.05, 0.1) is 5.69 Å². The standard InChI is InChI=1S/C15H17BrN2/c1-18-9-8-13(17-18)10-12-7-6-11-4-2-3-5-14(11)15(12)16/h2-5,8-9,12,15H,6-7,10H2,1H3. The molecule has 2 unspecified atom stereocenters. The Balaban J connectivity index is 1.80. The summed E-state index contributed by atoms with van der Waals surface area (Å²) in [5.41, 5.74) is 4.16. The summed E-state index contributed by atoms with van der Waals surface area (Å²) in [6.07, 6.45) is 5.51. The Kier molecular flexibility index (Phi) is 3.25. The number of alkyl halides is 1. The average Bonchev–Trinajstić information content (AvgIpc) is 2.79. The largest absolute Gasteiger partial charge is 0.276 e. The summed E-state index contributed by atoms with van der Waals surface area (Å²) >= 11 is 3.88. The molecule has 0 amide bonds. The maximum atomic E-state index is 4.49. The molecular weight excluding hydrogens is 288 g/mol. The van der Waals surface area contributed by atoms with Gasteiger partial charge in [0.25, 0.3) is 0 Å². The number of rotatable bonds is 2. The van der Waals surface area contributed by atoms with Crippen molar-refractivity contribution in [3.63, 3.8) is 0 Å². The Morgan fingerprint density at radius 1 is 1.33 bits per heavy atom. The molecule has 94 valence electrons. The fourth-order valence-electron chi connectivity index (χ4n) is 2.82. The van der Waals surface area contributed by atoms with Crippen LogP contribution in [0.15, 0.2) is 36.5 Å². The average molecular weight is 305 g/mol. The van der Waals surface area contributed by atoms with Gasteiger partial charge in [-0.05, 0) is 42.4 Å². The van der Waals surface area contributed by atoms with E-state index in [0.29, 0.717) is 10.7 Å². The molecule has 0 saturated heterocycles. The number of nitrogens with zero attached hydrogens (tertiary/aromatic N) is 2. The highest BCUT2D eigenvalue weighted by Gasteiger charge is 2.27. The highest BCUT2D eigenvalue weighted by Crippen LogP contribution is 2.41. The number of benzene rings is 1. The summed E-state index contributed by atoms with van der Waals surface area (Å²) in [6, 6.07) is 10.9. The first-order valence-electron chi connectivity index (χ1n) is 6.44. The van der Waals surface area contributed by atoms with Gasteiger partial charge in [0.2, 0.25) is 0 Å². The number of fused-ring (bicyclic) bond motifs is 1. The van der Waals surface area contributed by atoms with Gasteiger partial charge in [-0.1, -0.05) is 40.2 Å². The van der Waals surface area contributed by atoms with E-state index in [2.05, 4.69) is 51.4 Å². The van der Waals surface area contributed by atoms with Crippen LogP contribution in [0.5, 0.6) is 0 Å². The number of aromatic nitrogens is 2. The molecule has 1 aromatic heterocycles. The van der Waals surface area contributed by atoms with Gasteiger partial charge < -0.3 is 0 Å². The fourth-order valence-corrected chi connectivity index (χ4v) is 3.72. The van der Waals surface area contributed by atoms with E-state index in [1.165, 1.54) is 29.7 Å². The molecule has 0 N–H and O–H groups in total. The van der Waals surface area contributed by atoms with Crippen molar-refractivity contribution >= 4 is 15.9 Å². The van der Waals surface area contributed by atoms with Crippen molar-refractivity contribution in [2.45, 2.75) is 24.1 Å². The van der Waals surface area contributed by atoms with E-state index in [1.54, 1.807) is 0 Å². The van der Waals surface area contributed by atoms with Crippen LogP contribution in [-0.4, -0.2) is 9.78 Å². The normalized spacial score (nSPS) is 22.8. The van der Waals surface area contributed by atoms with Crippen molar-refractivity contribution in [2.24, 2.45) is 13.0 Å². The summed E-state index contributed by atoms with van der Waals surface area (Å²) < 4.78 is 1.88. The molecule has 2 atom stereocenters. The molecule has 0 saturated carbocycles. The van der Waals surface area contributed by atoms with Gasteiger partial charge in [-0.25, -0.2) is 0 Å². The quantitative estimate of drug-likeness (QED) is 0.774. The molecule has 3 heteroatoms. The third kappa shape index (κ3) is 2.24. The lowest BCUT2D eigenvalue weighted by Gasteiger charge is -2.29. The molecular formula is C15H17BrN2. The first-order valence-corrected chi connectivity index (χ1v) is 7.36. The Labute approximate surface area is 116 Å². The van der Waals surface area contributed by atoms with Crippen molar-refractivity contribution in [2.75, 3.05) is 0 Å². The minimum atomic E-state index is 0.462. The minimum Gasteiger partial charge on any atom is -0.276 e. The Hall–Kier alpha value is -1.09. The van der Waals surface area contributed by atoms with Crippen LogP contribution < -0.4 is 0 Å². The fraction of sp³-hybridized carbons (Fsp3) is 0.400. The number of halogens is 1. The van der Waals surface area contributed by atoms with Gasteiger partial charge in [0.15, 0.2) is 0 Å². The maximum Gasteiger partial charge on any atom is 0.0627 e. The lowest BCUT2D eigenvalue weighted by atomic mass is 9.81. The predicted octanol–water partition coefficient (Wildman–Crippen LogP) is 3.66. The molecule has 1 heterocycles. The van der Waals surface area contributed by atoms with Gasteiger partial charge in [-0.3, -0.25) is 4.68 Å². The highest BCUT2D eigenvalue weighted by molar-refractivity contribution is 9.09. The van der Waals surface area contributed by atoms with Crippen LogP contribution in [0.1, 0.15) is 28.1 Å². The Bertz CT molecular complexity index is 547. The van der Waals surface area contributed by atoms with Crippen LogP contribution in [0.2, 0.25) is 0 Å². The van der Waals surface area contributed by atoms with Gasteiger partial charge in [-0.2, -0.15) is 5.10 Å². The maximum absolute atomic E-state index is 4.49. The first-order chi connectivity index (χ1) is 8.74. The summed E-state index contributed by atoms with van der Waals surface area (Å²) in [4.78, 5) is 0.462. The summed E-state index contributed by atoms with van der Waals surface area (Å²) in [5, 5.41) is 4.49. The molecule has 0 aliphatic heterocycles. The van der Waals surface area contributed by atoms with Gasteiger partial charge in [-0.15, -0.1) is 0 Å². The molecule has 3 rings (SSSR count). The van der Waals surface area contributed by atoms with Crippen molar-refractivity contribution < 1.29 is 0 Å². The number of hydrogen-bond acceptors (Lipinski definition) is 1. The molecule has 18 heavy (non-hydrogen) atoms. The molecule has 1 aliphatic carbocycles. The van der Waals surface area contributed by atoms with E-state index in [4.69, 9.17) is 0 Å². The molecule has 2 aromatic rings. The summed E-state index contributed by atoms with van der Waals surface area (Å²) in [5.74, 6) is 0.648. The second-order valence-electron chi connectivity index (χ2n) is 5.08. The van der Waals surface area contributed by atoms with Gasteiger partial charge in [0.1, 0.15) is 0 Å². The van der Waals surface area contributed by atoms with E-state index in [0.717, 1.165) is 6.42 Å². The SMILES string of the molecule is Cn1ccc(CC2CCc3ccccc3C2Br)n1. The van der Waals surface area contributed by atoms with Crippen LogP contribution in [0.3, 0.4) is 0 Å². The lowest BCUT2D eigenvalue weighted by molar-refractivity contribution is 0.446. The summed E-state index contributed by atoms with van der Waals surface area (Å²) in [6.45, 7) is 0. The summed E-state index contributed by atoms with van der Waals surface area (Å²) in [7, 11) is 1.98. The molecule has 0 spiro atoms. The second-order valence-corrected chi connectivity index (χ2v) is 6.07. The molecule has 0 fully saturated rings. The van der Waals surface area contributed by atoms with Crippen molar-refractivity contribution in [1.82, 2.24) is 9.78 Å². The Morgan fingerprint density at radius 3 is 2.94 bits per heavy atom. The monoisotopic (exact) mass is 304 g/mol. The highest BCUT2D eigenvalue weighted by atomic mass is 79.9. The predicted molar refractivity (Wildman–Crippen MR) is 76.8 cm³/mol. The van der Waals surface area contributed by atoms with Crippen LogP contribution >= 0.6 is 15.9 Å². The van der Waals surface area contributed by atoms with Gasteiger partial charge >= 0.3 is 0 Å². The molecule has 1 aromatic carbocycles. The van der Waals surface area contributed by atoms with Crippen LogP contribution in [0.4, 0.5) is 0 Å². The molecule has 0 bridgehead atoms. The zero-order chi connectivity index (χ0) is 12.5. The van der Waals surface area contributed by atoms with E-state index in [1.807, 2.05) is 17.9 Å². The first kappa shape index (κ1) is 12.0. The van der Waals surface area contributed by atoms with E-state index in [9.17, 15) is 0 Å². The van der Waals surface area contributed by atoms with E-state index < -0.39 is 0 Å². The van der Waals surface area contributed by atoms with Crippen LogP contribution in [0, 0.1) is 5.92 Å². The van der Waals surface area contributed by atoms with Gasteiger partial charge in [0, 0.05) is 18.1 Å². The zero-order valence-electron chi connectivity index (χ0n) is 10.5. The lowest BCUT2D eigenvalue weighted by Crippen LogP contribution is -2.19. The van der Waals surface area contributed by atoms with Crippen LogP contribution in [0.25, 0.3) is 0 Å². The van der Waals surface area contributed by atoms with Crippen LogP contribution in [-0.2, 0) is 19.9 Å². The third-order valence-corrected chi connectivity index (χ3v) is 5.03.